The fourth-order valence-electron chi connectivity index (χ4n) is 1.74. The van der Waals surface area contributed by atoms with Crippen LogP contribution in [0.1, 0.15) is 25.5 Å². The van der Waals surface area contributed by atoms with Gasteiger partial charge >= 0.3 is 0 Å². The van der Waals surface area contributed by atoms with Gasteiger partial charge < -0.3 is 0 Å². The van der Waals surface area contributed by atoms with Crippen LogP contribution < -0.4 is 5.32 Å². The Morgan fingerprint density at radius 3 is 2.89 bits per heavy atom. The number of tetrazole rings is 1. The lowest BCUT2D eigenvalue weighted by Crippen LogP contribution is -2.27. The molecule has 5 heteroatoms. The predicted molar refractivity (Wildman–Crippen MR) is 69.0 cm³/mol. The summed E-state index contributed by atoms with van der Waals surface area (Å²) >= 11 is 0. The third-order valence-corrected chi connectivity index (χ3v) is 2.73. The van der Waals surface area contributed by atoms with Crippen LogP contribution in [-0.4, -0.2) is 26.2 Å². The lowest BCUT2D eigenvalue weighted by molar-refractivity contribution is 0.546. The minimum Gasteiger partial charge on any atom is -0.297 e. The van der Waals surface area contributed by atoms with E-state index in [1.54, 1.807) is 11.0 Å². The first kappa shape index (κ1) is 12.3. The first-order valence-corrected chi connectivity index (χ1v) is 5.76. The summed E-state index contributed by atoms with van der Waals surface area (Å²) in [4.78, 5) is 0. The van der Waals surface area contributed by atoms with Gasteiger partial charge in [0.05, 0.1) is 11.7 Å². The van der Waals surface area contributed by atoms with Crippen LogP contribution in [0.4, 0.5) is 0 Å². The fraction of sp³-hybridized carbons (Fsp3) is 0.308. The fourth-order valence-corrected chi connectivity index (χ4v) is 1.74. The molecule has 18 heavy (non-hydrogen) atoms. The van der Waals surface area contributed by atoms with E-state index in [4.69, 9.17) is 6.42 Å². The summed E-state index contributed by atoms with van der Waals surface area (Å²) in [5.74, 6) is 2.66. The second kappa shape index (κ2) is 5.43. The Labute approximate surface area is 106 Å². The summed E-state index contributed by atoms with van der Waals surface area (Å²) in [6.45, 7) is 4.04. The minimum absolute atomic E-state index is 0.0386. The molecule has 2 atom stereocenters. The molecule has 1 aromatic carbocycles. The molecule has 1 heterocycles. The average molecular weight is 241 g/mol. The Morgan fingerprint density at radius 2 is 2.22 bits per heavy atom. The van der Waals surface area contributed by atoms with E-state index in [1.807, 2.05) is 25.1 Å². The monoisotopic (exact) mass is 241 g/mol. The summed E-state index contributed by atoms with van der Waals surface area (Å²) in [6, 6.07) is 8.23. The summed E-state index contributed by atoms with van der Waals surface area (Å²) in [7, 11) is 0. The molecule has 5 nitrogen and oxygen atoms in total. The van der Waals surface area contributed by atoms with E-state index in [-0.39, 0.29) is 12.1 Å². The number of nitrogens with zero attached hydrogens (tertiary/aromatic N) is 4. The van der Waals surface area contributed by atoms with Gasteiger partial charge in [0.2, 0.25) is 0 Å². The van der Waals surface area contributed by atoms with Gasteiger partial charge in [0.15, 0.2) is 0 Å². The molecule has 0 fully saturated rings. The highest BCUT2D eigenvalue weighted by atomic mass is 15.5. The second-order valence-electron chi connectivity index (χ2n) is 4.13. The molecule has 0 aliphatic heterocycles. The van der Waals surface area contributed by atoms with Gasteiger partial charge in [0, 0.05) is 6.04 Å². The maximum atomic E-state index is 5.36. The Bertz CT molecular complexity index is 541. The van der Waals surface area contributed by atoms with Gasteiger partial charge in [-0.2, -0.15) is 0 Å². The van der Waals surface area contributed by atoms with E-state index in [1.165, 1.54) is 0 Å². The first-order chi connectivity index (χ1) is 8.70. The number of hydrogen-bond donors (Lipinski definition) is 1. The van der Waals surface area contributed by atoms with E-state index in [0.29, 0.717) is 0 Å². The Kier molecular flexibility index (Phi) is 3.70. The smallest absolute Gasteiger partial charge is 0.143 e. The van der Waals surface area contributed by atoms with E-state index < -0.39 is 0 Å². The van der Waals surface area contributed by atoms with Crippen molar-refractivity contribution in [1.82, 2.24) is 25.5 Å². The summed E-state index contributed by atoms with van der Waals surface area (Å²) in [5.41, 5.74) is 2.07. The summed E-state index contributed by atoms with van der Waals surface area (Å²) in [5, 5.41) is 14.4. The van der Waals surface area contributed by atoms with Gasteiger partial charge in [-0.1, -0.05) is 18.1 Å². The van der Waals surface area contributed by atoms with Gasteiger partial charge in [-0.25, -0.2) is 4.68 Å². The molecule has 0 aliphatic rings. The van der Waals surface area contributed by atoms with Gasteiger partial charge in [0.25, 0.3) is 0 Å². The molecule has 92 valence electrons. The van der Waals surface area contributed by atoms with Crippen LogP contribution in [0.3, 0.4) is 0 Å². The van der Waals surface area contributed by atoms with E-state index >= 15 is 0 Å². The highest BCUT2D eigenvalue weighted by molar-refractivity contribution is 5.35. The van der Waals surface area contributed by atoms with Crippen LogP contribution in [0.2, 0.25) is 0 Å². The van der Waals surface area contributed by atoms with E-state index in [9.17, 15) is 0 Å². The number of terminal acetylenes is 1. The van der Waals surface area contributed by atoms with Crippen LogP contribution in [0.15, 0.2) is 30.6 Å². The van der Waals surface area contributed by atoms with E-state index in [2.05, 4.69) is 39.8 Å². The molecular formula is C13H15N5. The van der Waals surface area contributed by atoms with Crippen LogP contribution in [0, 0.1) is 12.3 Å². The van der Waals surface area contributed by atoms with Crippen molar-refractivity contribution in [2.75, 3.05) is 0 Å². The van der Waals surface area contributed by atoms with Crippen molar-refractivity contribution in [2.24, 2.45) is 0 Å². The number of hydrogen-bond acceptors (Lipinski definition) is 4. The molecule has 0 radical (unpaired) electrons. The Hall–Kier alpha value is -2.19. The standard InChI is InChI=1S/C13H15N5/c1-4-10(2)15-11(3)12-6-5-7-13(8-12)18-9-14-16-17-18/h1,5-11,15H,2-3H3. The lowest BCUT2D eigenvalue weighted by Gasteiger charge is -2.17. The predicted octanol–water partition coefficient (Wildman–Crippen LogP) is 1.33. The van der Waals surface area contributed by atoms with Crippen LogP contribution in [0.25, 0.3) is 5.69 Å². The van der Waals surface area contributed by atoms with Gasteiger partial charge in [-0.3, -0.25) is 5.32 Å². The van der Waals surface area contributed by atoms with Crippen LogP contribution in [0.5, 0.6) is 0 Å². The van der Waals surface area contributed by atoms with Crippen molar-refractivity contribution >= 4 is 0 Å². The number of rotatable bonds is 4. The third kappa shape index (κ3) is 2.73. The van der Waals surface area contributed by atoms with Crippen LogP contribution >= 0.6 is 0 Å². The molecular weight excluding hydrogens is 226 g/mol. The minimum atomic E-state index is 0.0386. The van der Waals surface area contributed by atoms with Crippen molar-refractivity contribution in [2.45, 2.75) is 25.9 Å². The van der Waals surface area contributed by atoms with Gasteiger partial charge in [-0.05, 0) is 42.0 Å². The molecule has 0 aliphatic carbocycles. The normalized spacial score (nSPS) is 13.8. The number of nitrogens with one attached hydrogen (secondary N) is 1. The molecule has 0 saturated heterocycles. The van der Waals surface area contributed by atoms with Crippen molar-refractivity contribution < 1.29 is 0 Å². The molecule has 1 aromatic heterocycles. The average Bonchev–Trinajstić information content (AvgIpc) is 2.92. The molecule has 1 N–H and O–H groups in total. The Morgan fingerprint density at radius 1 is 1.39 bits per heavy atom. The van der Waals surface area contributed by atoms with Gasteiger partial charge in [0.1, 0.15) is 6.33 Å². The molecule has 2 rings (SSSR count). The zero-order valence-corrected chi connectivity index (χ0v) is 10.4. The van der Waals surface area contributed by atoms with Crippen molar-refractivity contribution in [3.05, 3.63) is 36.2 Å². The SMILES string of the molecule is C#CC(C)NC(C)c1cccc(-n2cnnn2)c1. The molecule has 2 aromatic rings. The zero-order valence-electron chi connectivity index (χ0n) is 10.4. The van der Waals surface area contributed by atoms with E-state index in [0.717, 1.165) is 11.3 Å². The first-order valence-electron chi connectivity index (χ1n) is 5.76. The molecule has 0 saturated carbocycles. The number of benzene rings is 1. The number of aromatic nitrogens is 4. The zero-order chi connectivity index (χ0) is 13.0. The Balaban J connectivity index is 2.20. The topological polar surface area (TPSA) is 55.6 Å². The molecule has 0 bridgehead atoms. The lowest BCUT2D eigenvalue weighted by atomic mass is 10.1. The molecule has 0 spiro atoms. The maximum Gasteiger partial charge on any atom is 0.143 e. The molecule has 2 unspecified atom stereocenters. The van der Waals surface area contributed by atoms with Crippen molar-refractivity contribution in [1.29, 1.82) is 0 Å². The van der Waals surface area contributed by atoms with Crippen molar-refractivity contribution in [3.8, 4) is 18.0 Å². The highest BCUT2D eigenvalue weighted by Crippen LogP contribution is 2.16. The van der Waals surface area contributed by atoms with Gasteiger partial charge in [-0.15, -0.1) is 11.5 Å². The van der Waals surface area contributed by atoms with Crippen LogP contribution in [-0.2, 0) is 0 Å². The third-order valence-electron chi connectivity index (χ3n) is 2.73. The summed E-state index contributed by atoms with van der Waals surface area (Å²) < 4.78 is 1.63. The summed E-state index contributed by atoms with van der Waals surface area (Å²) in [6.07, 6.45) is 6.93. The maximum absolute atomic E-state index is 5.36. The highest BCUT2D eigenvalue weighted by Gasteiger charge is 2.08. The second-order valence-corrected chi connectivity index (χ2v) is 4.13. The molecule has 0 amide bonds. The largest absolute Gasteiger partial charge is 0.297 e. The quantitative estimate of drug-likeness (QED) is 0.821. The van der Waals surface area contributed by atoms with Crippen molar-refractivity contribution in [3.63, 3.8) is 0 Å².